The zero-order chi connectivity index (χ0) is 11.4. The molecule has 0 saturated heterocycles. The molecule has 0 unspecified atom stereocenters. The van der Waals surface area contributed by atoms with Gasteiger partial charge in [-0.3, -0.25) is 4.79 Å². The maximum absolute atomic E-state index is 10.9. The molecular weight excluding hydrogens is 216 g/mol. The zero-order valence-electron chi connectivity index (χ0n) is 8.71. The van der Waals surface area contributed by atoms with E-state index >= 15 is 0 Å². The number of methoxy groups -OCH3 is 1. The van der Waals surface area contributed by atoms with Crippen LogP contribution in [0.1, 0.15) is 29.3 Å². The van der Waals surface area contributed by atoms with Crippen LogP contribution < -0.4 is 4.74 Å². The molecule has 15 heavy (non-hydrogen) atoms. The molecular formula is C11H13ClO3. The number of carbonyl (C=O) groups is 1. The van der Waals surface area contributed by atoms with E-state index in [1.165, 1.54) is 13.2 Å². The summed E-state index contributed by atoms with van der Waals surface area (Å²) >= 11 is 5.94. The summed E-state index contributed by atoms with van der Waals surface area (Å²) in [5, 5.41) is 9.77. The Morgan fingerprint density at radius 1 is 1.60 bits per heavy atom. The third-order valence-electron chi connectivity index (χ3n) is 2.17. The van der Waals surface area contributed by atoms with Gasteiger partial charge in [0, 0.05) is 5.56 Å². The number of rotatable bonds is 4. The smallest absolute Gasteiger partial charge is 0.179 e. The first kappa shape index (κ1) is 11.9. The molecule has 0 aliphatic heterocycles. The Balaban J connectivity index is 3.37. The van der Waals surface area contributed by atoms with Crippen LogP contribution in [0.5, 0.6) is 11.5 Å². The lowest BCUT2D eigenvalue weighted by molar-refractivity contribution is 0.112. The van der Waals surface area contributed by atoms with E-state index in [1.54, 1.807) is 0 Å². The predicted molar refractivity (Wildman–Crippen MR) is 59.1 cm³/mol. The number of aldehydes is 1. The van der Waals surface area contributed by atoms with Crippen LogP contribution in [-0.4, -0.2) is 18.5 Å². The summed E-state index contributed by atoms with van der Waals surface area (Å²) < 4.78 is 4.91. The topological polar surface area (TPSA) is 46.5 Å². The number of hydrogen-bond acceptors (Lipinski definition) is 3. The van der Waals surface area contributed by atoms with Crippen molar-refractivity contribution in [3.8, 4) is 11.5 Å². The maximum atomic E-state index is 10.9. The van der Waals surface area contributed by atoms with Crippen molar-refractivity contribution in [2.45, 2.75) is 19.8 Å². The fourth-order valence-corrected chi connectivity index (χ4v) is 1.82. The number of aromatic hydroxyl groups is 1. The van der Waals surface area contributed by atoms with Crippen LogP contribution in [-0.2, 0) is 6.42 Å². The number of halogens is 1. The van der Waals surface area contributed by atoms with Crippen LogP contribution in [0.25, 0.3) is 0 Å². The van der Waals surface area contributed by atoms with E-state index in [9.17, 15) is 9.90 Å². The second-order valence-electron chi connectivity index (χ2n) is 3.18. The first-order valence-corrected chi connectivity index (χ1v) is 5.07. The third kappa shape index (κ3) is 2.23. The second-order valence-corrected chi connectivity index (χ2v) is 3.56. The fraction of sp³-hybridized carbons (Fsp3) is 0.364. The van der Waals surface area contributed by atoms with Crippen LogP contribution in [0.3, 0.4) is 0 Å². The summed E-state index contributed by atoms with van der Waals surface area (Å²) in [5.41, 5.74) is 1.14. The van der Waals surface area contributed by atoms with Gasteiger partial charge in [-0.15, -0.1) is 0 Å². The molecule has 0 saturated carbocycles. The normalized spacial score (nSPS) is 10.1. The summed E-state index contributed by atoms with van der Waals surface area (Å²) in [6.45, 7) is 1.99. The first-order chi connectivity index (χ1) is 7.15. The van der Waals surface area contributed by atoms with E-state index < -0.39 is 0 Å². The Labute approximate surface area is 93.6 Å². The quantitative estimate of drug-likeness (QED) is 0.807. The molecule has 1 aromatic rings. The predicted octanol–water partition coefficient (Wildman–Crippen LogP) is 2.82. The second kappa shape index (κ2) is 5.03. The SMILES string of the molecule is CCCc1cc(O)c(OC)c(Cl)c1C=O. The summed E-state index contributed by atoms with van der Waals surface area (Å²) in [4.78, 5) is 10.9. The molecule has 0 heterocycles. The largest absolute Gasteiger partial charge is 0.504 e. The lowest BCUT2D eigenvalue weighted by atomic mass is 10.0. The van der Waals surface area contributed by atoms with E-state index in [0.717, 1.165) is 12.0 Å². The lowest BCUT2D eigenvalue weighted by Crippen LogP contribution is -1.97. The molecule has 3 nitrogen and oxygen atoms in total. The van der Waals surface area contributed by atoms with Crippen molar-refractivity contribution in [2.75, 3.05) is 7.11 Å². The number of aryl methyl sites for hydroxylation is 1. The van der Waals surface area contributed by atoms with Crippen molar-refractivity contribution >= 4 is 17.9 Å². The Bertz CT molecular complexity index is 375. The highest BCUT2D eigenvalue weighted by molar-refractivity contribution is 6.34. The van der Waals surface area contributed by atoms with Crippen molar-refractivity contribution in [3.63, 3.8) is 0 Å². The average molecular weight is 229 g/mol. The van der Waals surface area contributed by atoms with Crippen molar-refractivity contribution < 1.29 is 14.6 Å². The molecule has 1 rings (SSSR count). The summed E-state index contributed by atoms with van der Waals surface area (Å²) in [5.74, 6) is 0.121. The summed E-state index contributed by atoms with van der Waals surface area (Å²) in [6, 6.07) is 1.53. The van der Waals surface area contributed by atoms with Gasteiger partial charge in [-0.05, 0) is 18.1 Å². The number of phenolic OH excluding ortho intramolecular Hbond substituents is 1. The van der Waals surface area contributed by atoms with Crippen LogP contribution in [0.2, 0.25) is 5.02 Å². The van der Waals surface area contributed by atoms with E-state index in [0.29, 0.717) is 18.3 Å². The molecule has 1 N–H and O–H groups in total. The highest BCUT2D eigenvalue weighted by Crippen LogP contribution is 2.38. The van der Waals surface area contributed by atoms with Crippen molar-refractivity contribution in [1.29, 1.82) is 0 Å². The molecule has 0 radical (unpaired) electrons. The number of hydrogen-bond donors (Lipinski definition) is 1. The highest BCUT2D eigenvalue weighted by Gasteiger charge is 2.15. The highest BCUT2D eigenvalue weighted by atomic mass is 35.5. The third-order valence-corrected chi connectivity index (χ3v) is 2.54. The van der Waals surface area contributed by atoms with Crippen LogP contribution >= 0.6 is 11.6 Å². The minimum atomic E-state index is -0.0310. The Kier molecular flexibility index (Phi) is 3.97. The molecule has 4 heteroatoms. The Hall–Kier alpha value is -1.22. The Morgan fingerprint density at radius 2 is 2.27 bits per heavy atom. The van der Waals surface area contributed by atoms with Gasteiger partial charge in [0.15, 0.2) is 17.8 Å². The summed E-state index contributed by atoms with van der Waals surface area (Å²) in [6.07, 6.45) is 2.27. The van der Waals surface area contributed by atoms with Gasteiger partial charge in [-0.2, -0.15) is 0 Å². The van der Waals surface area contributed by atoms with Gasteiger partial charge < -0.3 is 9.84 Å². The first-order valence-electron chi connectivity index (χ1n) is 4.69. The molecule has 0 aliphatic carbocycles. The molecule has 0 fully saturated rings. The molecule has 1 aromatic carbocycles. The van der Waals surface area contributed by atoms with Crippen molar-refractivity contribution in [1.82, 2.24) is 0 Å². The molecule has 82 valence electrons. The van der Waals surface area contributed by atoms with E-state index in [2.05, 4.69) is 0 Å². The number of carbonyl (C=O) groups excluding carboxylic acids is 1. The van der Waals surface area contributed by atoms with Gasteiger partial charge in [0.2, 0.25) is 0 Å². The fourth-order valence-electron chi connectivity index (χ4n) is 1.48. The minimum absolute atomic E-state index is 0.0310. The molecule has 0 amide bonds. The zero-order valence-corrected chi connectivity index (χ0v) is 9.47. The van der Waals surface area contributed by atoms with Crippen molar-refractivity contribution in [2.24, 2.45) is 0 Å². The monoisotopic (exact) mass is 228 g/mol. The van der Waals surface area contributed by atoms with E-state index in [-0.39, 0.29) is 16.5 Å². The lowest BCUT2D eigenvalue weighted by Gasteiger charge is -2.11. The minimum Gasteiger partial charge on any atom is -0.504 e. The Morgan fingerprint density at radius 3 is 2.73 bits per heavy atom. The van der Waals surface area contributed by atoms with Crippen LogP contribution in [0.15, 0.2) is 6.07 Å². The average Bonchev–Trinajstić information content (AvgIpc) is 2.19. The molecule has 0 spiro atoms. The van der Waals surface area contributed by atoms with Crippen molar-refractivity contribution in [3.05, 3.63) is 22.2 Å². The molecule has 0 aromatic heterocycles. The van der Waals surface area contributed by atoms with Gasteiger partial charge in [0.1, 0.15) is 0 Å². The maximum Gasteiger partial charge on any atom is 0.179 e. The molecule has 0 atom stereocenters. The van der Waals surface area contributed by atoms with Crippen LogP contribution in [0.4, 0.5) is 0 Å². The van der Waals surface area contributed by atoms with Gasteiger partial charge >= 0.3 is 0 Å². The van der Waals surface area contributed by atoms with Crippen LogP contribution in [0, 0.1) is 0 Å². The number of phenols is 1. The number of benzene rings is 1. The van der Waals surface area contributed by atoms with Gasteiger partial charge in [0.25, 0.3) is 0 Å². The van der Waals surface area contributed by atoms with Gasteiger partial charge in [-0.25, -0.2) is 0 Å². The summed E-state index contributed by atoms with van der Waals surface area (Å²) in [7, 11) is 1.40. The molecule has 0 bridgehead atoms. The molecule has 0 aliphatic rings. The standard InChI is InChI=1S/C11H13ClO3/c1-3-4-7-5-9(14)11(15-2)10(12)8(7)6-13/h5-6,14H,3-4H2,1-2H3. The van der Waals surface area contributed by atoms with Gasteiger partial charge in [0.05, 0.1) is 12.1 Å². The van der Waals surface area contributed by atoms with E-state index in [4.69, 9.17) is 16.3 Å². The van der Waals surface area contributed by atoms with E-state index in [1.807, 2.05) is 6.92 Å². The van der Waals surface area contributed by atoms with Gasteiger partial charge in [-0.1, -0.05) is 24.9 Å². The number of ether oxygens (including phenoxy) is 1.